The summed E-state index contributed by atoms with van der Waals surface area (Å²) in [4.78, 5) is 25.1. The van der Waals surface area contributed by atoms with E-state index in [1.165, 1.54) is 12.7 Å². The van der Waals surface area contributed by atoms with Crippen molar-refractivity contribution in [2.24, 2.45) is 0 Å². The number of nitrogens with zero attached hydrogens (tertiary/aromatic N) is 1. The predicted octanol–water partition coefficient (Wildman–Crippen LogP) is 1.71. The van der Waals surface area contributed by atoms with E-state index in [-0.39, 0.29) is 5.91 Å². The Morgan fingerprint density at radius 2 is 2.11 bits per heavy atom. The number of hydrogen-bond donors (Lipinski definition) is 1. The fraction of sp³-hybridized carbons (Fsp3) is 0.429. The molecule has 1 N–H and O–H groups in total. The van der Waals surface area contributed by atoms with E-state index in [0.29, 0.717) is 0 Å². The number of para-hydroxylation sites is 1. The zero-order chi connectivity index (χ0) is 13.8. The normalized spacial score (nSPS) is 15.4. The average Bonchev–Trinajstić information content (AvgIpc) is 2.45. The largest absolute Gasteiger partial charge is 0.453 e. The van der Waals surface area contributed by atoms with Gasteiger partial charge in [-0.2, -0.15) is 0 Å². The van der Waals surface area contributed by atoms with Crippen molar-refractivity contribution in [3.8, 4) is 0 Å². The quantitative estimate of drug-likeness (QED) is 0.881. The lowest BCUT2D eigenvalue weighted by atomic mass is 10.00. The maximum Gasteiger partial charge on any atom is 0.413 e. The molecule has 19 heavy (non-hydrogen) atoms. The van der Waals surface area contributed by atoms with Gasteiger partial charge in [0, 0.05) is 12.2 Å². The molecular weight excluding hydrogens is 244 g/mol. The van der Waals surface area contributed by atoms with Crippen molar-refractivity contribution in [3.05, 3.63) is 29.8 Å². The van der Waals surface area contributed by atoms with Crippen LogP contribution in [-0.4, -0.2) is 31.7 Å². The molecule has 102 valence electrons. The predicted molar refractivity (Wildman–Crippen MR) is 72.1 cm³/mol. The van der Waals surface area contributed by atoms with Crippen molar-refractivity contribution in [2.75, 3.05) is 18.6 Å². The topological polar surface area (TPSA) is 58.6 Å². The molecule has 0 bridgehead atoms. The number of anilines is 1. The van der Waals surface area contributed by atoms with Crippen LogP contribution in [0.3, 0.4) is 0 Å². The molecule has 5 nitrogen and oxygen atoms in total. The summed E-state index contributed by atoms with van der Waals surface area (Å²) in [6.45, 7) is 2.60. The van der Waals surface area contributed by atoms with Crippen LogP contribution in [0.4, 0.5) is 10.5 Å². The van der Waals surface area contributed by atoms with Gasteiger partial charge in [0.1, 0.15) is 6.04 Å². The lowest BCUT2D eigenvalue weighted by Crippen LogP contribution is -2.48. The molecule has 0 spiro atoms. The summed E-state index contributed by atoms with van der Waals surface area (Å²) in [6, 6.07) is 7.65. The van der Waals surface area contributed by atoms with Crippen molar-refractivity contribution in [2.45, 2.75) is 25.8 Å². The van der Waals surface area contributed by atoms with Gasteiger partial charge in [0.25, 0.3) is 5.91 Å². The van der Waals surface area contributed by atoms with E-state index < -0.39 is 12.1 Å². The zero-order valence-corrected chi connectivity index (χ0v) is 11.2. The third-order valence-electron chi connectivity index (χ3n) is 3.40. The molecule has 2 rings (SSSR count). The number of carbonyl (C=O) groups excluding carboxylic acids is 2. The van der Waals surface area contributed by atoms with E-state index in [9.17, 15) is 9.59 Å². The van der Waals surface area contributed by atoms with Crippen LogP contribution in [-0.2, 0) is 16.0 Å². The minimum absolute atomic E-state index is 0.344. The molecule has 1 atom stereocenters. The van der Waals surface area contributed by atoms with Gasteiger partial charge in [0.2, 0.25) is 0 Å². The Morgan fingerprint density at radius 1 is 1.37 bits per heavy atom. The summed E-state index contributed by atoms with van der Waals surface area (Å²) in [5.41, 5.74) is 2.31. The molecule has 1 heterocycles. The third-order valence-corrected chi connectivity index (χ3v) is 3.40. The number of nitrogens with one attached hydrogen (secondary N) is 1. The van der Waals surface area contributed by atoms with Crippen LogP contribution >= 0.6 is 0 Å². The Bertz CT molecular complexity index is 487. The average molecular weight is 262 g/mol. The Balaban J connectivity index is 2.14. The van der Waals surface area contributed by atoms with E-state index >= 15 is 0 Å². The lowest BCUT2D eigenvalue weighted by molar-refractivity contribution is -0.121. The molecule has 0 fully saturated rings. The number of benzene rings is 1. The second kappa shape index (κ2) is 5.73. The van der Waals surface area contributed by atoms with Gasteiger partial charge in [0.15, 0.2) is 0 Å². The van der Waals surface area contributed by atoms with Gasteiger partial charge in [-0.3, -0.25) is 10.1 Å². The van der Waals surface area contributed by atoms with Crippen LogP contribution in [0.2, 0.25) is 0 Å². The van der Waals surface area contributed by atoms with Crippen LogP contribution in [0.5, 0.6) is 0 Å². The van der Waals surface area contributed by atoms with Crippen LogP contribution in [0, 0.1) is 0 Å². The maximum atomic E-state index is 12.0. The van der Waals surface area contributed by atoms with E-state index in [1.54, 1.807) is 6.92 Å². The number of amides is 2. The van der Waals surface area contributed by atoms with Crippen LogP contribution < -0.4 is 10.2 Å². The SMILES string of the molecule is COC(=O)NC(=O)[C@@H](C)N1CCCc2ccccc21. The summed E-state index contributed by atoms with van der Waals surface area (Å²) in [5.74, 6) is -0.344. The van der Waals surface area contributed by atoms with Gasteiger partial charge in [-0.15, -0.1) is 0 Å². The fourth-order valence-electron chi connectivity index (χ4n) is 2.36. The highest BCUT2D eigenvalue weighted by molar-refractivity contribution is 5.96. The number of hydrogen-bond acceptors (Lipinski definition) is 4. The molecule has 1 aromatic rings. The van der Waals surface area contributed by atoms with Gasteiger partial charge >= 0.3 is 6.09 Å². The van der Waals surface area contributed by atoms with Crippen molar-refractivity contribution in [3.63, 3.8) is 0 Å². The zero-order valence-electron chi connectivity index (χ0n) is 11.2. The van der Waals surface area contributed by atoms with Gasteiger partial charge in [-0.25, -0.2) is 4.79 Å². The molecule has 0 aromatic heterocycles. The van der Waals surface area contributed by atoms with E-state index in [0.717, 1.165) is 25.1 Å². The first-order valence-corrected chi connectivity index (χ1v) is 6.37. The van der Waals surface area contributed by atoms with Crippen molar-refractivity contribution >= 4 is 17.7 Å². The highest BCUT2D eigenvalue weighted by Gasteiger charge is 2.26. The summed E-state index contributed by atoms with van der Waals surface area (Å²) in [5, 5.41) is 2.22. The number of imide groups is 1. The van der Waals surface area contributed by atoms with Gasteiger partial charge in [-0.05, 0) is 31.4 Å². The molecule has 0 unspecified atom stereocenters. The minimum atomic E-state index is -0.720. The van der Waals surface area contributed by atoms with Crippen LogP contribution in [0.15, 0.2) is 24.3 Å². The molecule has 0 saturated carbocycles. The summed E-state index contributed by atoms with van der Waals surface area (Å²) >= 11 is 0. The number of aryl methyl sites for hydroxylation is 1. The highest BCUT2D eigenvalue weighted by atomic mass is 16.5. The Kier molecular flexibility index (Phi) is 4.04. The molecule has 1 aromatic carbocycles. The lowest BCUT2D eigenvalue weighted by Gasteiger charge is -2.35. The molecular formula is C14H18N2O3. The van der Waals surface area contributed by atoms with E-state index in [2.05, 4.69) is 16.1 Å². The standard InChI is InChI=1S/C14H18N2O3/c1-10(13(17)15-14(18)19-2)16-9-5-7-11-6-3-4-8-12(11)16/h3-4,6,8,10H,5,7,9H2,1-2H3,(H,15,17,18)/t10-/m1/s1. The molecule has 0 radical (unpaired) electrons. The number of ether oxygens (including phenoxy) is 1. The van der Waals surface area contributed by atoms with Gasteiger partial charge in [0.05, 0.1) is 7.11 Å². The smallest absolute Gasteiger partial charge is 0.413 e. The first kappa shape index (κ1) is 13.4. The summed E-state index contributed by atoms with van der Waals surface area (Å²) in [7, 11) is 1.24. The fourth-order valence-corrected chi connectivity index (χ4v) is 2.36. The third kappa shape index (κ3) is 2.86. The van der Waals surface area contributed by atoms with Gasteiger partial charge < -0.3 is 9.64 Å². The Hall–Kier alpha value is -2.04. The first-order valence-electron chi connectivity index (χ1n) is 6.37. The number of carbonyl (C=O) groups is 2. The Morgan fingerprint density at radius 3 is 2.84 bits per heavy atom. The van der Waals surface area contributed by atoms with Crippen molar-refractivity contribution < 1.29 is 14.3 Å². The minimum Gasteiger partial charge on any atom is -0.453 e. The maximum absolute atomic E-state index is 12.0. The van der Waals surface area contributed by atoms with Gasteiger partial charge in [-0.1, -0.05) is 18.2 Å². The van der Waals surface area contributed by atoms with Crippen LogP contribution in [0.25, 0.3) is 0 Å². The molecule has 5 heteroatoms. The van der Waals surface area contributed by atoms with E-state index in [1.807, 2.05) is 23.1 Å². The highest BCUT2D eigenvalue weighted by Crippen LogP contribution is 2.28. The second-order valence-electron chi connectivity index (χ2n) is 4.58. The number of methoxy groups -OCH3 is 1. The molecule has 0 aliphatic carbocycles. The second-order valence-corrected chi connectivity index (χ2v) is 4.58. The Labute approximate surface area is 112 Å². The molecule has 0 saturated heterocycles. The van der Waals surface area contributed by atoms with Crippen LogP contribution in [0.1, 0.15) is 18.9 Å². The van der Waals surface area contributed by atoms with E-state index in [4.69, 9.17) is 0 Å². The molecule has 1 aliphatic rings. The molecule has 1 aliphatic heterocycles. The number of rotatable bonds is 2. The first-order chi connectivity index (χ1) is 9.13. The summed E-state index contributed by atoms with van der Waals surface area (Å²) < 4.78 is 4.44. The monoisotopic (exact) mass is 262 g/mol. The molecule has 2 amide bonds. The summed E-state index contributed by atoms with van der Waals surface area (Å²) in [6.07, 6.45) is 1.31. The van der Waals surface area contributed by atoms with Crippen molar-refractivity contribution in [1.82, 2.24) is 5.32 Å². The number of fused-ring (bicyclic) bond motifs is 1. The van der Waals surface area contributed by atoms with Crippen molar-refractivity contribution in [1.29, 1.82) is 0 Å². The number of alkyl carbamates (subject to hydrolysis) is 1.